The highest BCUT2D eigenvalue weighted by Gasteiger charge is 2.36. The van der Waals surface area contributed by atoms with Crippen LogP contribution < -0.4 is 0 Å². The lowest BCUT2D eigenvalue weighted by atomic mass is 9.88. The molecule has 0 aromatic rings. The average Bonchev–Trinajstić information content (AvgIpc) is 2.39. The largest absolute Gasteiger partial charge is 0.496 e. The van der Waals surface area contributed by atoms with E-state index in [9.17, 15) is 0 Å². The van der Waals surface area contributed by atoms with Gasteiger partial charge < -0.3 is 14.2 Å². The smallest absolute Gasteiger partial charge is 0.124 e. The summed E-state index contributed by atoms with van der Waals surface area (Å²) in [5.41, 5.74) is 1.46. The van der Waals surface area contributed by atoms with Crippen molar-refractivity contribution in [2.24, 2.45) is 0 Å². The van der Waals surface area contributed by atoms with Gasteiger partial charge in [-0.2, -0.15) is 0 Å². The van der Waals surface area contributed by atoms with E-state index in [-0.39, 0.29) is 6.10 Å². The third kappa shape index (κ3) is 4.19. The Morgan fingerprint density at radius 1 is 1.53 bits per heavy atom. The Kier molecular flexibility index (Phi) is 6.29. The Balaban J connectivity index is 3.12. The molecule has 0 amide bonds. The van der Waals surface area contributed by atoms with Crippen molar-refractivity contribution < 1.29 is 14.2 Å². The van der Waals surface area contributed by atoms with Gasteiger partial charge in [-0.1, -0.05) is 46.9 Å². The Morgan fingerprint density at radius 2 is 2.21 bits per heavy atom. The van der Waals surface area contributed by atoms with Crippen LogP contribution in [0.15, 0.2) is 47.8 Å². The van der Waals surface area contributed by atoms with Crippen LogP contribution >= 0.6 is 22.6 Å². The number of hydrogen-bond donors (Lipinski definition) is 0. The summed E-state index contributed by atoms with van der Waals surface area (Å²) in [7, 11) is 3.34. The van der Waals surface area contributed by atoms with E-state index in [1.54, 1.807) is 14.2 Å². The van der Waals surface area contributed by atoms with Gasteiger partial charge in [-0.25, -0.2) is 0 Å². The third-order valence-electron chi connectivity index (χ3n) is 3.04. The molecule has 0 saturated heterocycles. The minimum Gasteiger partial charge on any atom is -0.496 e. The van der Waals surface area contributed by atoms with E-state index in [2.05, 4.69) is 29.2 Å². The topological polar surface area (TPSA) is 27.7 Å². The number of allylic oxidation sites excluding steroid dienone is 3. The highest BCUT2D eigenvalue weighted by Crippen LogP contribution is 2.32. The number of halogens is 1. The highest BCUT2D eigenvalue weighted by molar-refractivity contribution is 14.1. The van der Waals surface area contributed by atoms with Crippen LogP contribution in [-0.4, -0.2) is 30.5 Å². The van der Waals surface area contributed by atoms with E-state index in [4.69, 9.17) is 14.2 Å². The second kappa shape index (κ2) is 7.26. The molecule has 2 unspecified atom stereocenters. The first-order chi connectivity index (χ1) is 8.96. The summed E-state index contributed by atoms with van der Waals surface area (Å²) in [4.78, 5) is 0. The molecular weight excluding hydrogens is 355 g/mol. The maximum Gasteiger partial charge on any atom is 0.124 e. The third-order valence-corrected chi connectivity index (χ3v) is 3.40. The molecule has 106 valence electrons. The summed E-state index contributed by atoms with van der Waals surface area (Å²) in [5, 5.41) is 0. The summed E-state index contributed by atoms with van der Waals surface area (Å²) < 4.78 is 17.3. The van der Waals surface area contributed by atoms with E-state index in [1.165, 1.54) is 0 Å². The lowest BCUT2D eigenvalue weighted by Crippen LogP contribution is -2.42. The van der Waals surface area contributed by atoms with Gasteiger partial charge in [-0.3, -0.25) is 0 Å². The quantitative estimate of drug-likeness (QED) is 0.401. The normalized spacial score (nSPS) is 27.1. The Labute approximate surface area is 129 Å². The summed E-state index contributed by atoms with van der Waals surface area (Å²) in [6.45, 7) is 7.81. The number of ether oxygens (including phenoxy) is 3. The van der Waals surface area contributed by atoms with E-state index in [0.717, 1.165) is 16.9 Å². The van der Waals surface area contributed by atoms with Gasteiger partial charge in [0, 0.05) is 12.7 Å². The summed E-state index contributed by atoms with van der Waals surface area (Å²) >= 11 is 2.18. The van der Waals surface area contributed by atoms with Gasteiger partial charge in [0.2, 0.25) is 0 Å². The molecule has 0 aromatic carbocycles. The summed E-state index contributed by atoms with van der Waals surface area (Å²) in [5.74, 6) is 0.793. The van der Waals surface area contributed by atoms with Crippen LogP contribution in [0, 0.1) is 0 Å². The zero-order chi connectivity index (χ0) is 14.5. The van der Waals surface area contributed by atoms with E-state index < -0.39 is 5.60 Å². The van der Waals surface area contributed by atoms with Crippen molar-refractivity contribution in [3.05, 3.63) is 47.8 Å². The van der Waals surface area contributed by atoms with Crippen LogP contribution in [0.4, 0.5) is 0 Å². The maximum absolute atomic E-state index is 5.71. The number of methoxy groups -OCH3 is 2. The van der Waals surface area contributed by atoms with Crippen molar-refractivity contribution >= 4 is 22.6 Å². The number of hydrogen-bond acceptors (Lipinski definition) is 3. The Morgan fingerprint density at radius 3 is 2.68 bits per heavy atom. The first-order valence-electron chi connectivity index (χ1n) is 6.02. The van der Waals surface area contributed by atoms with Gasteiger partial charge in [0.05, 0.1) is 11.7 Å². The summed E-state index contributed by atoms with van der Waals surface area (Å²) in [6.07, 6.45) is 7.76. The van der Waals surface area contributed by atoms with Crippen molar-refractivity contribution in [2.45, 2.75) is 25.6 Å². The van der Waals surface area contributed by atoms with Crippen LogP contribution in [0.3, 0.4) is 0 Å². The molecule has 1 rings (SSSR count). The second-order valence-corrected chi connectivity index (χ2v) is 5.22. The zero-order valence-corrected chi connectivity index (χ0v) is 14.1. The average molecular weight is 376 g/mol. The fourth-order valence-electron chi connectivity index (χ4n) is 1.87. The van der Waals surface area contributed by atoms with Crippen LogP contribution in [-0.2, 0) is 14.2 Å². The molecule has 0 bridgehead atoms. The van der Waals surface area contributed by atoms with E-state index >= 15 is 0 Å². The predicted octanol–water partition coefficient (Wildman–Crippen LogP) is 3.77. The molecule has 0 radical (unpaired) electrons. The Bertz CT molecular complexity index is 423. The number of alkyl halides is 1. The number of rotatable bonds is 6. The Hall–Kier alpha value is -0.590. The van der Waals surface area contributed by atoms with Gasteiger partial charge in [0.1, 0.15) is 17.5 Å². The SMILES string of the molecule is C=C(C)C=CC1=CC(C)(OC)C(OCI)C=C1OC. The molecular formula is C15H21IO3. The van der Waals surface area contributed by atoms with Crippen molar-refractivity contribution in [3.63, 3.8) is 0 Å². The predicted molar refractivity (Wildman–Crippen MR) is 86.3 cm³/mol. The second-order valence-electron chi connectivity index (χ2n) is 4.60. The molecule has 0 saturated carbocycles. The summed E-state index contributed by atoms with van der Waals surface area (Å²) in [6, 6.07) is 0. The van der Waals surface area contributed by atoms with Crippen molar-refractivity contribution in [1.29, 1.82) is 0 Å². The molecule has 19 heavy (non-hydrogen) atoms. The molecule has 0 spiro atoms. The molecule has 1 aliphatic carbocycles. The monoisotopic (exact) mass is 376 g/mol. The van der Waals surface area contributed by atoms with Crippen LogP contribution in [0.2, 0.25) is 0 Å². The van der Waals surface area contributed by atoms with Crippen LogP contribution in [0.5, 0.6) is 0 Å². The van der Waals surface area contributed by atoms with E-state index in [1.807, 2.05) is 38.2 Å². The lowest BCUT2D eigenvalue weighted by molar-refractivity contribution is -0.0589. The zero-order valence-electron chi connectivity index (χ0n) is 11.9. The fraction of sp³-hybridized carbons (Fsp3) is 0.467. The minimum absolute atomic E-state index is 0.161. The van der Waals surface area contributed by atoms with Crippen molar-refractivity contribution in [1.82, 2.24) is 0 Å². The van der Waals surface area contributed by atoms with Crippen molar-refractivity contribution in [3.8, 4) is 0 Å². The first-order valence-corrected chi connectivity index (χ1v) is 7.54. The molecule has 3 nitrogen and oxygen atoms in total. The fourth-order valence-corrected chi connectivity index (χ4v) is 2.25. The van der Waals surface area contributed by atoms with Gasteiger partial charge in [-0.05, 0) is 26.0 Å². The molecule has 1 aliphatic rings. The standard InChI is InChI=1S/C15H21IO3/c1-11(2)6-7-12-9-15(3,18-5)14(19-10-16)8-13(12)17-4/h6-9,14H,1,10H2,2-5H3. The molecule has 0 fully saturated rings. The van der Waals surface area contributed by atoms with Gasteiger partial charge in [0.25, 0.3) is 0 Å². The van der Waals surface area contributed by atoms with E-state index in [0.29, 0.717) is 4.61 Å². The first kappa shape index (κ1) is 16.5. The van der Waals surface area contributed by atoms with Crippen LogP contribution in [0.1, 0.15) is 13.8 Å². The molecule has 0 aromatic heterocycles. The highest BCUT2D eigenvalue weighted by atomic mass is 127. The molecule has 2 atom stereocenters. The van der Waals surface area contributed by atoms with Crippen LogP contribution in [0.25, 0.3) is 0 Å². The van der Waals surface area contributed by atoms with Gasteiger partial charge >= 0.3 is 0 Å². The molecule has 0 aliphatic heterocycles. The van der Waals surface area contributed by atoms with Gasteiger partial charge in [-0.15, -0.1) is 0 Å². The maximum atomic E-state index is 5.71. The molecule has 0 N–H and O–H groups in total. The van der Waals surface area contributed by atoms with Crippen molar-refractivity contribution in [2.75, 3.05) is 18.8 Å². The molecule has 0 heterocycles. The van der Waals surface area contributed by atoms with Gasteiger partial charge in [0.15, 0.2) is 0 Å². The lowest BCUT2D eigenvalue weighted by Gasteiger charge is -2.35. The minimum atomic E-state index is -0.498. The molecule has 4 heteroatoms.